The van der Waals surface area contributed by atoms with Crippen molar-refractivity contribution in [3.8, 4) is 5.75 Å². The standard InChI is InChI=1S/C21H15ClF4N2O4S/c22-17-11-15(33(30,31)28-13-4-2-1-3-5-13)7-9-19(17)32-12-20(29)27-14-6-8-18(23)16(10-14)21(24,25)26/h1-11,28H,12H2,(H,27,29). The van der Waals surface area contributed by atoms with E-state index in [1.165, 1.54) is 12.1 Å². The van der Waals surface area contributed by atoms with Crippen LogP contribution in [0.5, 0.6) is 5.75 Å². The van der Waals surface area contributed by atoms with Gasteiger partial charge in [0.15, 0.2) is 6.61 Å². The monoisotopic (exact) mass is 502 g/mol. The molecule has 12 heteroatoms. The molecule has 3 aromatic rings. The van der Waals surface area contributed by atoms with Gasteiger partial charge in [-0.1, -0.05) is 29.8 Å². The fourth-order valence-corrected chi connectivity index (χ4v) is 4.03. The molecule has 0 fully saturated rings. The fourth-order valence-electron chi connectivity index (χ4n) is 2.65. The molecule has 3 aromatic carbocycles. The van der Waals surface area contributed by atoms with E-state index in [4.69, 9.17) is 16.3 Å². The molecule has 33 heavy (non-hydrogen) atoms. The lowest BCUT2D eigenvalue weighted by Crippen LogP contribution is -2.21. The predicted octanol–water partition coefficient (Wildman–Crippen LogP) is 5.32. The highest BCUT2D eigenvalue weighted by molar-refractivity contribution is 7.92. The molecule has 0 heterocycles. The summed E-state index contributed by atoms with van der Waals surface area (Å²) < 4.78 is 84.2. The van der Waals surface area contributed by atoms with E-state index in [0.29, 0.717) is 17.8 Å². The molecule has 0 saturated carbocycles. The van der Waals surface area contributed by atoms with Crippen LogP contribution >= 0.6 is 11.6 Å². The first kappa shape index (κ1) is 24.3. The van der Waals surface area contributed by atoms with Gasteiger partial charge in [-0.25, -0.2) is 12.8 Å². The molecule has 0 spiro atoms. The Labute approximate surface area is 191 Å². The summed E-state index contributed by atoms with van der Waals surface area (Å²) in [6, 6.07) is 13.7. The quantitative estimate of drug-likeness (QED) is 0.428. The number of ether oxygens (including phenoxy) is 1. The van der Waals surface area contributed by atoms with Crippen molar-refractivity contribution in [1.82, 2.24) is 0 Å². The molecule has 0 atom stereocenters. The van der Waals surface area contributed by atoms with E-state index < -0.39 is 40.1 Å². The Morgan fingerprint density at radius 3 is 2.30 bits per heavy atom. The number of sulfonamides is 1. The zero-order valence-corrected chi connectivity index (χ0v) is 18.1. The second-order valence-corrected chi connectivity index (χ2v) is 8.68. The average molecular weight is 503 g/mol. The lowest BCUT2D eigenvalue weighted by atomic mass is 10.2. The Kier molecular flexibility index (Phi) is 7.13. The van der Waals surface area contributed by atoms with Gasteiger partial charge >= 0.3 is 6.18 Å². The van der Waals surface area contributed by atoms with Crippen LogP contribution in [0.2, 0.25) is 5.02 Å². The summed E-state index contributed by atoms with van der Waals surface area (Å²) >= 11 is 6.05. The van der Waals surface area contributed by atoms with Crippen LogP contribution < -0.4 is 14.8 Å². The maximum Gasteiger partial charge on any atom is 0.419 e. The molecule has 0 aromatic heterocycles. The summed E-state index contributed by atoms with van der Waals surface area (Å²) in [5.41, 5.74) is -1.46. The summed E-state index contributed by atoms with van der Waals surface area (Å²) in [6.07, 6.45) is -4.92. The molecule has 2 N–H and O–H groups in total. The van der Waals surface area contributed by atoms with Gasteiger partial charge in [0.1, 0.15) is 11.6 Å². The van der Waals surface area contributed by atoms with Gasteiger partial charge in [0.05, 0.1) is 15.5 Å². The molecule has 0 radical (unpaired) electrons. The van der Waals surface area contributed by atoms with Crippen LogP contribution in [0.25, 0.3) is 0 Å². The Morgan fingerprint density at radius 1 is 0.970 bits per heavy atom. The minimum Gasteiger partial charge on any atom is -0.482 e. The number of para-hydroxylation sites is 1. The molecule has 3 rings (SSSR count). The van der Waals surface area contributed by atoms with Crippen molar-refractivity contribution in [3.05, 3.63) is 83.1 Å². The van der Waals surface area contributed by atoms with Gasteiger partial charge in [0.2, 0.25) is 0 Å². The number of anilines is 2. The topological polar surface area (TPSA) is 84.5 Å². The minimum absolute atomic E-state index is 0.0273. The van der Waals surface area contributed by atoms with Gasteiger partial charge in [-0.05, 0) is 48.5 Å². The largest absolute Gasteiger partial charge is 0.482 e. The number of carbonyl (C=O) groups excluding carboxylic acids is 1. The third-order valence-electron chi connectivity index (χ3n) is 4.15. The third-order valence-corrected chi connectivity index (χ3v) is 5.83. The normalized spacial score (nSPS) is 11.7. The zero-order chi connectivity index (χ0) is 24.2. The molecule has 0 bridgehead atoms. The highest BCUT2D eigenvalue weighted by atomic mass is 35.5. The molecule has 174 valence electrons. The Hall–Kier alpha value is -3.31. The summed E-state index contributed by atoms with van der Waals surface area (Å²) in [5, 5.41) is 2.04. The number of carbonyl (C=O) groups is 1. The van der Waals surface area contributed by atoms with E-state index in [9.17, 15) is 30.8 Å². The summed E-state index contributed by atoms with van der Waals surface area (Å²) in [7, 11) is -3.94. The van der Waals surface area contributed by atoms with Crippen molar-refractivity contribution in [1.29, 1.82) is 0 Å². The second kappa shape index (κ2) is 9.67. The fraction of sp³-hybridized carbons (Fsp3) is 0.0952. The van der Waals surface area contributed by atoms with Crippen LogP contribution in [0.15, 0.2) is 71.6 Å². The molecule has 0 aliphatic heterocycles. The minimum atomic E-state index is -4.92. The van der Waals surface area contributed by atoms with Crippen molar-refractivity contribution in [3.63, 3.8) is 0 Å². The molecule has 0 aliphatic rings. The van der Waals surface area contributed by atoms with E-state index >= 15 is 0 Å². The number of amides is 1. The molecule has 0 aliphatic carbocycles. The van der Waals surface area contributed by atoms with Gasteiger partial charge in [0.25, 0.3) is 15.9 Å². The van der Waals surface area contributed by atoms with E-state index in [2.05, 4.69) is 10.0 Å². The smallest absolute Gasteiger partial charge is 0.419 e. The summed E-state index contributed by atoms with van der Waals surface area (Å²) in [6.45, 7) is -0.646. The van der Waals surface area contributed by atoms with Crippen LogP contribution in [0, 0.1) is 5.82 Å². The first-order valence-corrected chi connectivity index (χ1v) is 11.0. The van der Waals surface area contributed by atoms with Crippen molar-refractivity contribution in [2.75, 3.05) is 16.6 Å². The van der Waals surface area contributed by atoms with Crippen molar-refractivity contribution in [2.24, 2.45) is 0 Å². The number of nitrogens with one attached hydrogen (secondary N) is 2. The molecule has 0 unspecified atom stereocenters. The average Bonchev–Trinajstić information content (AvgIpc) is 2.74. The van der Waals surface area contributed by atoms with Crippen LogP contribution in [-0.4, -0.2) is 20.9 Å². The SMILES string of the molecule is O=C(COc1ccc(S(=O)(=O)Nc2ccccc2)cc1Cl)Nc1ccc(F)c(C(F)(F)F)c1. The lowest BCUT2D eigenvalue weighted by Gasteiger charge is -2.13. The lowest BCUT2D eigenvalue weighted by molar-refractivity contribution is -0.140. The van der Waals surface area contributed by atoms with Crippen LogP contribution in [0.4, 0.5) is 28.9 Å². The van der Waals surface area contributed by atoms with Gasteiger partial charge in [-0.15, -0.1) is 0 Å². The Morgan fingerprint density at radius 2 is 1.67 bits per heavy atom. The van der Waals surface area contributed by atoms with Gasteiger partial charge in [0, 0.05) is 11.4 Å². The number of halogens is 5. The Bertz CT molecular complexity index is 1270. The van der Waals surface area contributed by atoms with Gasteiger partial charge in [-0.2, -0.15) is 13.2 Å². The van der Waals surface area contributed by atoms with E-state index in [1.807, 2.05) is 0 Å². The number of hydrogen-bond acceptors (Lipinski definition) is 4. The number of hydrogen-bond donors (Lipinski definition) is 2. The first-order chi connectivity index (χ1) is 15.5. The van der Waals surface area contributed by atoms with Crippen LogP contribution in [0.3, 0.4) is 0 Å². The predicted molar refractivity (Wildman–Crippen MR) is 114 cm³/mol. The third kappa shape index (κ3) is 6.36. The molecule has 1 amide bonds. The van der Waals surface area contributed by atoms with Gasteiger partial charge in [-0.3, -0.25) is 9.52 Å². The second-order valence-electron chi connectivity index (χ2n) is 6.59. The summed E-state index contributed by atoms with van der Waals surface area (Å²) in [4.78, 5) is 11.9. The number of alkyl halides is 3. The van der Waals surface area contributed by atoms with Crippen LogP contribution in [-0.2, 0) is 21.0 Å². The van der Waals surface area contributed by atoms with E-state index in [0.717, 1.165) is 12.1 Å². The van der Waals surface area contributed by atoms with Crippen molar-refractivity contribution in [2.45, 2.75) is 11.1 Å². The summed E-state index contributed by atoms with van der Waals surface area (Å²) in [5.74, 6) is -2.34. The van der Waals surface area contributed by atoms with E-state index in [1.54, 1.807) is 30.3 Å². The van der Waals surface area contributed by atoms with Crippen molar-refractivity contribution >= 4 is 38.9 Å². The van der Waals surface area contributed by atoms with Crippen molar-refractivity contribution < 1.29 is 35.5 Å². The maximum atomic E-state index is 13.3. The molecular weight excluding hydrogens is 488 g/mol. The number of rotatable bonds is 7. The van der Waals surface area contributed by atoms with Crippen LogP contribution in [0.1, 0.15) is 5.56 Å². The zero-order valence-electron chi connectivity index (χ0n) is 16.5. The highest BCUT2D eigenvalue weighted by Gasteiger charge is 2.34. The molecule has 0 saturated heterocycles. The molecular formula is C21H15ClF4N2O4S. The first-order valence-electron chi connectivity index (χ1n) is 9.12. The Balaban J connectivity index is 1.65. The molecule has 6 nitrogen and oxygen atoms in total. The van der Waals surface area contributed by atoms with E-state index in [-0.39, 0.29) is 21.4 Å². The maximum absolute atomic E-state index is 13.3. The highest BCUT2D eigenvalue weighted by Crippen LogP contribution is 2.33. The number of benzene rings is 3. The van der Waals surface area contributed by atoms with Gasteiger partial charge < -0.3 is 10.1 Å².